The average Bonchev–Trinajstić information content (AvgIpc) is 2.80. The molecule has 2 saturated carbocycles. The van der Waals surface area contributed by atoms with Gasteiger partial charge in [-0.15, -0.1) is 0 Å². The first-order chi connectivity index (χ1) is 14.3. The first-order valence-corrected chi connectivity index (χ1v) is 11.4. The van der Waals surface area contributed by atoms with Gasteiger partial charge in [-0.05, 0) is 49.4 Å². The quantitative estimate of drug-likeness (QED) is 0.572. The lowest BCUT2D eigenvalue weighted by atomic mass is 9.88. The predicted octanol–water partition coefficient (Wildman–Crippen LogP) is 6.37. The Morgan fingerprint density at radius 1 is 0.793 bits per heavy atom. The van der Waals surface area contributed by atoms with E-state index in [0.717, 1.165) is 42.6 Å². The van der Waals surface area contributed by atoms with Crippen molar-refractivity contribution in [2.24, 2.45) is 0 Å². The van der Waals surface area contributed by atoms with E-state index < -0.39 is 0 Å². The van der Waals surface area contributed by atoms with Crippen LogP contribution in [0.4, 0.5) is 0 Å². The van der Waals surface area contributed by atoms with Crippen molar-refractivity contribution in [1.82, 2.24) is 4.90 Å². The molecule has 0 aromatic heterocycles. The van der Waals surface area contributed by atoms with Crippen LogP contribution in [0.3, 0.4) is 0 Å². The number of benzene rings is 2. The van der Waals surface area contributed by atoms with Gasteiger partial charge in [-0.2, -0.15) is 0 Å². The van der Waals surface area contributed by atoms with Crippen molar-refractivity contribution in [2.45, 2.75) is 82.9 Å². The molecule has 0 saturated heterocycles. The zero-order chi connectivity index (χ0) is 19.9. The molecule has 0 bridgehead atoms. The van der Waals surface area contributed by atoms with Gasteiger partial charge in [-0.25, -0.2) is 0 Å². The van der Waals surface area contributed by atoms with E-state index in [-0.39, 0.29) is 5.91 Å². The molecule has 4 rings (SSSR count). The highest BCUT2D eigenvalue weighted by Gasteiger charge is 2.33. The molecule has 2 fully saturated rings. The molecule has 2 aliphatic carbocycles. The summed E-state index contributed by atoms with van der Waals surface area (Å²) in [6.45, 7) is 0.521. The van der Waals surface area contributed by atoms with Crippen molar-refractivity contribution in [1.29, 1.82) is 0 Å². The Bertz CT molecular complexity index is 758. The molecule has 0 heterocycles. The summed E-state index contributed by atoms with van der Waals surface area (Å²) in [5.41, 5.74) is 1.90. The second kappa shape index (κ2) is 9.96. The van der Waals surface area contributed by atoms with Gasteiger partial charge < -0.3 is 9.64 Å². The van der Waals surface area contributed by atoms with E-state index in [1.807, 2.05) is 42.5 Å². The molecule has 29 heavy (non-hydrogen) atoms. The third-order valence-corrected chi connectivity index (χ3v) is 6.50. The SMILES string of the molecule is O=C(c1cccc(OCc2ccccc2)c1)N(C1CCCCC1)C1CCCCC1. The van der Waals surface area contributed by atoms with Gasteiger partial charge in [0.05, 0.1) is 0 Å². The number of amides is 1. The van der Waals surface area contributed by atoms with Gasteiger partial charge in [-0.1, -0.05) is 74.9 Å². The lowest BCUT2D eigenvalue weighted by Crippen LogP contribution is -2.48. The standard InChI is InChI=1S/C26H33NO2/c28-26(27(23-14-6-2-7-15-23)24-16-8-3-9-17-24)22-13-10-18-25(19-22)29-20-21-11-4-1-5-12-21/h1,4-5,10-13,18-19,23-24H,2-3,6-9,14-17,20H2. The maximum Gasteiger partial charge on any atom is 0.254 e. The lowest BCUT2D eigenvalue weighted by Gasteiger charge is -2.42. The summed E-state index contributed by atoms with van der Waals surface area (Å²) < 4.78 is 5.98. The number of nitrogens with zero attached hydrogens (tertiary/aromatic N) is 1. The van der Waals surface area contributed by atoms with Crippen molar-refractivity contribution < 1.29 is 9.53 Å². The second-order valence-corrected chi connectivity index (χ2v) is 8.60. The summed E-state index contributed by atoms with van der Waals surface area (Å²) in [6.07, 6.45) is 12.3. The van der Waals surface area contributed by atoms with Crippen LogP contribution in [0.5, 0.6) is 5.75 Å². The molecule has 0 spiro atoms. The van der Waals surface area contributed by atoms with Crippen molar-refractivity contribution in [3.8, 4) is 5.75 Å². The molecule has 0 radical (unpaired) electrons. The monoisotopic (exact) mass is 391 g/mol. The van der Waals surface area contributed by atoms with Crippen molar-refractivity contribution in [2.75, 3.05) is 0 Å². The maximum absolute atomic E-state index is 13.6. The van der Waals surface area contributed by atoms with Gasteiger partial charge in [0.25, 0.3) is 5.91 Å². The smallest absolute Gasteiger partial charge is 0.254 e. The number of ether oxygens (including phenoxy) is 1. The van der Waals surface area contributed by atoms with E-state index in [2.05, 4.69) is 17.0 Å². The highest BCUT2D eigenvalue weighted by molar-refractivity contribution is 5.95. The zero-order valence-electron chi connectivity index (χ0n) is 17.4. The fourth-order valence-electron chi connectivity index (χ4n) is 4.96. The fourth-order valence-corrected chi connectivity index (χ4v) is 4.96. The Morgan fingerprint density at radius 3 is 2.03 bits per heavy atom. The molecule has 2 aromatic rings. The molecular formula is C26H33NO2. The van der Waals surface area contributed by atoms with E-state index in [1.54, 1.807) is 0 Å². The summed E-state index contributed by atoms with van der Waals surface area (Å²) in [6, 6.07) is 18.8. The number of carbonyl (C=O) groups is 1. The van der Waals surface area contributed by atoms with E-state index in [4.69, 9.17) is 4.74 Å². The molecule has 1 amide bonds. The molecular weight excluding hydrogens is 358 g/mol. The van der Waals surface area contributed by atoms with Crippen LogP contribution in [0.25, 0.3) is 0 Å². The fraction of sp³-hybridized carbons (Fsp3) is 0.500. The number of carbonyl (C=O) groups excluding carboxylic acids is 1. The maximum atomic E-state index is 13.6. The minimum Gasteiger partial charge on any atom is -0.489 e. The molecule has 0 unspecified atom stereocenters. The molecule has 3 nitrogen and oxygen atoms in total. The zero-order valence-corrected chi connectivity index (χ0v) is 17.4. The largest absolute Gasteiger partial charge is 0.489 e. The Morgan fingerprint density at radius 2 is 1.41 bits per heavy atom. The van der Waals surface area contributed by atoms with Crippen LogP contribution in [0.2, 0.25) is 0 Å². The van der Waals surface area contributed by atoms with Gasteiger partial charge in [-0.3, -0.25) is 4.79 Å². The van der Waals surface area contributed by atoms with E-state index in [9.17, 15) is 4.79 Å². The molecule has 2 aliphatic rings. The first kappa shape index (κ1) is 20.0. The van der Waals surface area contributed by atoms with Crippen LogP contribution < -0.4 is 4.74 Å². The van der Waals surface area contributed by atoms with Gasteiger partial charge in [0.2, 0.25) is 0 Å². The van der Waals surface area contributed by atoms with Gasteiger partial charge in [0, 0.05) is 17.6 Å². The van der Waals surface area contributed by atoms with E-state index in [0.29, 0.717) is 18.7 Å². The molecule has 154 valence electrons. The summed E-state index contributed by atoms with van der Waals surface area (Å²) >= 11 is 0. The number of hydrogen-bond donors (Lipinski definition) is 0. The van der Waals surface area contributed by atoms with Crippen LogP contribution in [-0.4, -0.2) is 22.9 Å². The van der Waals surface area contributed by atoms with Crippen molar-refractivity contribution >= 4 is 5.91 Å². The van der Waals surface area contributed by atoms with Crippen LogP contribution in [-0.2, 0) is 6.61 Å². The first-order valence-electron chi connectivity index (χ1n) is 11.4. The van der Waals surface area contributed by atoms with Crippen molar-refractivity contribution in [3.63, 3.8) is 0 Å². The summed E-state index contributed by atoms with van der Waals surface area (Å²) in [4.78, 5) is 15.9. The summed E-state index contributed by atoms with van der Waals surface area (Å²) in [7, 11) is 0. The lowest BCUT2D eigenvalue weighted by molar-refractivity contribution is 0.0448. The topological polar surface area (TPSA) is 29.5 Å². The normalized spacial score (nSPS) is 18.3. The Labute approximate surface area is 175 Å². The van der Waals surface area contributed by atoms with Crippen LogP contribution in [0.1, 0.15) is 80.1 Å². The number of hydrogen-bond acceptors (Lipinski definition) is 2. The highest BCUT2D eigenvalue weighted by atomic mass is 16.5. The Hall–Kier alpha value is -2.29. The van der Waals surface area contributed by atoms with E-state index >= 15 is 0 Å². The number of rotatable bonds is 6. The summed E-state index contributed by atoms with van der Waals surface area (Å²) in [5, 5.41) is 0. The minimum atomic E-state index is 0.203. The average molecular weight is 392 g/mol. The van der Waals surface area contributed by atoms with Crippen LogP contribution in [0.15, 0.2) is 54.6 Å². The van der Waals surface area contributed by atoms with Crippen molar-refractivity contribution in [3.05, 3.63) is 65.7 Å². The molecule has 2 aromatic carbocycles. The van der Waals surface area contributed by atoms with E-state index in [1.165, 1.54) is 38.5 Å². The highest BCUT2D eigenvalue weighted by Crippen LogP contribution is 2.32. The molecule has 3 heteroatoms. The molecule has 0 atom stereocenters. The third kappa shape index (κ3) is 5.20. The third-order valence-electron chi connectivity index (χ3n) is 6.50. The van der Waals surface area contributed by atoms with Crippen LogP contribution in [0, 0.1) is 0 Å². The molecule has 0 aliphatic heterocycles. The van der Waals surface area contributed by atoms with Gasteiger partial charge in [0.15, 0.2) is 0 Å². The minimum absolute atomic E-state index is 0.203. The van der Waals surface area contributed by atoms with Gasteiger partial charge in [0.1, 0.15) is 12.4 Å². The van der Waals surface area contributed by atoms with Crippen LogP contribution >= 0.6 is 0 Å². The molecule has 0 N–H and O–H groups in total. The second-order valence-electron chi connectivity index (χ2n) is 8.60. The Kier molecular flexibility index (Phi) is 6.87. The van der Waals surface area contributed by atoms with Gasteiger partial charge >= 0.3 is 0 Å². The Balaban J connectivity index is 1.50. The predicted molar refractivity (Wildman–Crippen MR) is 117 cm³/mol. The summed E-state index contributed by atoms with van der Waals surface area (Å²) in [5.74, 6) is 0.973.